The van der Waals surface area contributed by atoms with Gasteiger partial charge in [0.2, 0.25) is 0 Å². The van der Waals surface area contributed by atoms with Crippen LogP contribution in [0.25, 0.3) is 0 Å². The molecule has 0 saturated carbocycles. The van der Waals surface area contributed by atoms with Gasteiger partial charge >= 0.3 is 0 Å². The molecular weight excluding hydrogens is 204 g/mol. The molecule has 0 aromatic heterocycles. The first-order valence-corrected chi connectivity index (χ1v) is 6.08. The maximum absolute atomic E-state index is 8.35. The number of hydrogen-bond acceptors (Lipinski definition) is 4. The van der Waals surface area contributed by atoms with Gasteiger partial charge in [0.15, 0.2) is 0 Å². The lowest BCUT2D eigenvalue weighted by Gasteiger charge is -2.28. The molecule has 1 aliphatic heterocycles. The lowest BCUT2D eigenvalue weighted by Crippen LogP contribution is -2.32. The van der Waals surface area contributed by atoms with Crippen molar-refractivity contribution >= 4 is 5.84 Å². The van der Waals surface area contributed by atoms with E-state index in [1.807, 2.05) is 0 Å². The summed E-state index contributed by atoms with van der Waals surface area (Å²) in [4.78, 5) is 2.39. The minimum Gasteiger partial charge on any atom is -0.409 e. The second-order valence-electron chi connectivity index (χ2n) is 4.63. The van der Waals surface area contributed by atoms with Gasteiger partial charge in [-0.1, -0.05) is 5.16 Å². The van der Waals surface area contributed by atoms with Gasteiger partial charge in [0.25, 0.3) is 0 Å². The van der Waals surface area contributed by atoms with Crippen LogP contribution in [0.15, 0.2) is 5.16 Å². The smallest absolute Gasteiger partial charge is 0.140 e. The lowest BCUT2D eigenvalue weighted by molar-refractivity contribution is 0.212. The van der Waals surface area contributed by atoms with E-state index in [1.54, 1.807) is 0 Å². The summed E-state index contributed by atoms with van der Waals surface area (Å²) in [6.07, 6.45) is 4.49. The van der Waals surface area contributed by atoms with Gasteiger partial charge in [0, 0.05) is 13.0 Å². The number of likely N-dealkylation sites (tertiary alicyclic amines) is 1. The average molecular weight is 228 g/mol. The van der Waals surface area contributed by atoms with Crippen LogP contribution in [-0.4, -0.2) is 49.2 Å². The van der Waals surface area contributed by atoms with Gasteiger partial charge in [0.1, 0.15) is 5.84 Å². The van der Waals surface area contributed by atoms with E-state index in [2.05, 4.69) is 22.4 Å². The highest BCUT2D eigenvalue weighted by Gasteiger charge is 2.15. The van der Waals surface area contributed by atoms with Crippen LogP contribution < -0.4 is 11.1 Å². The maximum Gasteiger partial charge on any atom is 0.140 e. The van der Waals surface area contributed by atoms with Crippen LogP contribution in [0, 0.1) is 5.92 Å². The fourth-order valence-corrected chi connectivity index (χ4v) is 2.05. The fraction of sp³-hybridized carbons (Fsp3) is 0.909. The first kappa shape index (κ1) is 13.3. The minimum atomic E-state index is 0.298. The van der Waals surface area contributed by atoms with E-state index in [4.69, 9.17) is 10.9 Å². The number of nitrogens with one attached hydrogen (secondary N) is 1. The van der Waals surface area contributed by atoms with Crippen molar-refractivity contribution in [3.63, 3.8) is 0 Å². The number of rotatable bonds is 6. The van der Waals surface area contributed by atoms with Gasteiger partial charge in [-0.15, -0.1) is 0 Å². The van der Waals surface area contributed by atoms with Crippen molar-refractivity contribution in [2.24, 2.45) is 16.8 Å². The molecule has 1 aliphatic rings. The number of hydrogen-bond donors (Lipinski definition) is 3. The predicted octanol–water partition coefficient (Wildman–Crippen LogP) is 0.444. The zero-order valence-corrected chi connectivity index (χ0v) is 10.2. The molecule has 0 aromatic carbocycles. The zero-order chi connectivity index (χ0) is 11.8. The molecule has 1 heterocycles. The molecule has 5 heteroatoms. The van der Waals surface area contributed by atoms with E-state index >= 15 is 0 Å². The van der Waals surface area contributed by atoms with Crippen molar-refractivity contribution in [1.29, 1.82) is 0 Å². The number of nitrogens with two attached hydrogens (primary N) is 1. The molecule has 16 heavy (non-hydrogen) atoms. The monoisotopic (exact) mass is 228 g/mol. The van der Waals surface area contributed by atoms with Crippen LogP contribution in [0.3, 0.4) is 0 Å². The Bertz CT molecular complexity index is 212. The predicted molar refractivity (Wildman–Crippen MR) is 65.7 cm³/mol. The highest BCUT2D eigenvalue weighted by atomic mass is 16.4. The molecule has 94 valence electrons. The van der Waals surface area contributed by atoms with Crippen molar-refractivity contribution in [3.05, 3.63) is 0 Å². The second kappa shape index (κ2) is 7.46. The molecule has 4 N–H and O–H groups in total. The van der Waals surface area contributed by atoms with Crippen LogP contribution in [0.5, 0.6) is 0 Å². The van der Waals surface area contributed by atoms with E-state index in [0.717, 1.165) is 19.0 Å². The highest BCUT2D eigenvalue weighted by Crippen LogP contribution is 2.18. The Labute approximate surface area is 97.7 Å². The summed E-state index contributed by atoms with van der Waals surface area (Å²) in [5, 5.41) is 14.6. The van der Waals surface area contributed by atoms with Crippen LogP contribution in [0.4, 0.5) is 0 Å². The third-order valence-electron chi connectivity index (χ3n) is 3.25. The standard InChI is InChI=1S/C11H24N4O/c1-15-8-4-10(5-9-15)2-6-13-7-3-11(12)14-16/h10,13,16H,2-9H2,1H3,(H2,12,14). The Hall–Kier alpha value is -0.810. The minimum absolute atomic E-state index is 0.298. The van der Waals surface area contributed by atoms with E-state index in [-0.39, 0.29) is 0 Å². The van der Waals surface area contributed by atoms with E-state index < -0.39 is 0 Å². The average Bonchev–Trinajstić information content (AvgIpc) is 2.31. The van der Waals surface area contributed by atoms with Crippen LogP contribution in [0.2, 0.25) is 0 Å². The molecular formula is C11H24N4O. The van der Waals surface area contributed by atoms with Crippen LogP contribution >= 0.6 is 0 Å². The zero-order valence-electron chi connectivity index (χ0n) is 10.2. The van der Waals surface area contributed by atoms with Crippen LogP contribution in [-0.2, 0) is 0 Å². The second-order valence-corrected chi connectivity index (χ2v) is 4.63. The van der Waals surface area contributed by atoms with E-state index in [0.29, 0.717) is 12.3 Å². The van der Waals surface area contributed by atoms with Gasteiger partial charge < -0.3 is 21.2 Å². The van der Waals surface area contributed by atoms with Crippen molar-refractivity contribution in [2.45, 2.75) is 25.7 Å². The number of nitrogens with zero attached hydrogens (tertiary/aromatic N) is 2. The SMILES string of the molecule is CN1CCC(CCNCCC(N)=NO)CC1. The summed E-state index contributed by atoms with van der Waals surface area (Å²) >= 11 is 0. The summed E-state index contributed by atoms with van der Waals surface area (Å²) in [5.74, 6) is 1.17. The molecule has 0 bridgehead atoms. The largest absolute Gasteiger partial charge is 0.409 e. The summed E-state index contributed by atoms with van der Waals surface area (Å²) in [6.45, 7) is 4.29. The maximum atomic E-state index is 8.35. The normalized spacial score (nSPS) is 20.2. The molecule has 0 amide bonds. The van der Waals surface area contributed by atoms with Crippen molar-refractivity contribution in [2.75, 3.05) is 33.2 Å². The fourth-order valence-electron chi connectivity index (χ4n) is 2.05. The Morgan fingerprint density at radius 2 is 2.12 bits per heavy atom. The summed E-state index contributed by atoms with van der Waals surface area (Å²) < 4.78 is 0. The van der Waals surface area contributed by atoms with Crippen LogP contribution in [0.1, 0.15) is 25.7 Å². The molecule has 0 spiro atoms. The molecule has 0 aliphatic carbocycles. The van der Waals surface area contributed by atoms with Crippen molar-refractivity contribution < 1.29 is 5.21 Å². The molecule has 0 radical (unpaired) electrons. The Balaban J connectivity index is 1.95. The number of amidine groups is 1. The first-order chi connectivity index (χ1) is 7.72. The number of piperidine rings is 1. The number of oxime groups is 1. The third-order valence-corrected chi connectivity index (χ3v) is 3.25. The van der Waals surface area contributed by atoms with Gasteiger partial charge in [-0.25, -0.2) is 0 Å². The first-order valence-electron chi connectivity index (χ1n) is 6.08. The van der Waals surface area contributed by atoms with Gasteiger partial charge in [-0.05, 0) is 51.9 Å². The summed E-state index contributed by atoms with van der Waals surface area (Å²) in [6, 6.07) is 0. The molecule has 1 rings (SSSR count). The van der Waals surface area contributed by atoms with Gasteiger partial charge in [-0.2, -0.15) is 0 Å². The Morgan fingerprint density at radius 1 is 1.44 bits per heavy atom. The van der Waals surface area contributed by atoms with E-state index in [1.165, 1.54) is 32.4 Å². The molecule has 0 atom stereocenters. The Morgan fingerprint density at radius 3 is 2.75 bits per heavy atom. The summed E-state index contributed by atoms with van der Waals surface area (Å²) in [5.41, 5.74) is 5.37. The molecule has 0 unspecified atom stereocenters. The van der Waals surface area contributed by atoms with Crippen molar-refractivity contribution in [3.8, 4) is 0 Å². The lowest BCUT2D eigenvalue weighted by atomic mass is 9.94. The van der Waals surface area contributed by atoms with Gasteiger partial charge in [0.05, 0.1) is 0 Å². The molecule has 1 saturated heterocycles. The highest BCUT2D eigenvalue weighted by molar-refractivity contribution is 5.79. The van der Waals surface area contributed by atoms with Crippen molar-refractivity contribution in [1.82, 2.24) is 10.2 Å². The van der Waals surface area contributed by atoms with Gasteiger partial charge in [-0.3, -0.25) is 0 Å². The molecule has 1 fully saturated rings. The van der Waals surface area contributed by atoms with E-state index in [9.17, 15) is 0 Å². The summed E-state index contributed by atoms with van der Waals surface area (Å²) in [7, 11) is 2.19. The quantitative estimate of drug-likeness (QED) is 0.203. The molecule has 0 aromatic rings. The molecule has 5 nitrogen and oxygen atoms in total. The third kappa shape index (κ3) is 5.32. The Kier molecular flexibility index (Phi) is 6.18. The topological polar surface area (TPSA) is 73.9 Å².